The summed E-state index contributed by atoms with van der Waals surface area (Å²) >= 11 is 0. The number of hydrogen-bond acceptors (Lipinski definition) is 6. The number of pyridine rings is 1. The summed E-state index contributed by atoms with van der Waals surface area (Å²) in [6, 6.07) is 16.8. The maximum absolute atomic E-state index is 13.6. The van der Waals surface area contributed by atoms with Gasteiger partial charge < -0.3 is 5.73 Å². The van der Waals surface area contributed by atoms with Gasteiger partial charge in [-0.15, -0.1) is 0 Å². The number of likely N-dealkylation sites (N-methyl/N-ethyl adjacent to an activating group) is 1. The van der Waals surface area contributed by atoms with E-state index in [4.69, 9.17) is 5.73 Å². The number of aromatic nitrogens is 1. The fourth-order valence-electron chi connectivity index (χ4n) is 4.02. The summed E-state index contributed by atoms with van der Waals surface area (Å²) in [6.07, 6.45) is 1.45. The van der Waals surface area contributed by atoms with E-state index < -0.39 is 26.9 Å². The van der Waals surface area contributed by atoms with Crippen LogP contribution in [0.5, 0.6) is 0 Å². The van der Waals surface area contributed by atoms with Gasteiger partial charge in [-0.25, -0.2) is 9.98 Å². The molecule has 1 aromatic heterocycles. The number of hydrogen-bond donors (Lipinski definition) is 2. The van der Waals surface area contributed by atoms with Crippen molar-refractivity contribution in [1.29, 1.82) is 0 Å². The Balaban J connectivity index is 1.86. The van der Waals surface area contributed by atoms with Crippen LogP contribution in [0.1, 0.15) is 23.6 Å². The Labute approximate surface area is 196 Å². The fourth-order valence-corrected chi connectivity index (χ4v) is 4.42. The van der Waals surface area contributed by atoms with Crippen LogP contribution in [0.4, 0.5) is 4.39 Å². The van der Waals surface area contributed by atoms with Crippen molar-refractivity contribution in [2.24, 2.45) is 10.7 Å². The number of carbonyl (C=O) groups excluding carboxylic acids is 1. The maximum atomic E-state index is 13.6. The van der Waals surface area contributed by atoms with Crippen LogP contribution in [0.25, 0.3) is 11.1 Å². The molecule has 1 amide bonds. The average Bonchev–Trinajstić information content (AvgIpc) is 3.04. The number of aliphatic imine (C=N–C) groups is 1. The lowest BCUT2D eigenvalue weighted by molar-refractivity contribution is -0.129. The van der Waals surface area contributed by atoms with Crippen molar-refractivity contribution in [3.63, 3.8) is 0 Å². The van der Waals surface area contributed by atoms with Crippen molar-refractivity contribution < 1.29 is 22.2 Å². The van der Waals surface area contributed by atoms with Crippen molar-refractivity contribution in [1.82, 2.24) is 9.88 Å². The van der Waals surface area contributed by atoms with E-state index in [9.17, 15) is 22.2 Å². The first-order valence-corrected chi connectivity index (χ1v) is 11.9. The molecule has 3 aromatic rings. The Morgan fingerprint density at radius 3 is 2.35 bits per heavy atom. The molecule has 0 saturated heterocycles. The molecule has 0 spiro atoms. The zero-order chi connectivity index (χ0) is 24.7. The molecule has 0 fully saturated rings. The lowest BCUT2D eigenvalue weighted by Crippen LogP contribution is -2.41. The van der Waals surface area contributed by atoms with E-state index in [1.807, 2.05) is 6.07 Å². The molecule has 2 unspecified atom stereocenters. The molecule has 0 bridgehead atoms. The Hall–Kier alpha value is -3.63. The van der Waals surface area contributed by atoms with Gasteiger partial charge in [0.15, 0.2) is 11.5 Å². The summed E-state index contributed by atoms with van der Waals surface area (Å²) in [4.78, 5) is 23.1. The van der Waals surface area contributed by atoms with Crippen LogP contribution in [0, 0.1) is 5.95 Å². The summed E-state index contributed by atoms with van der Waals surface area (Å²) in [5.41, 5.74) is 7.56. The van der Waals surface area contributed by atoms with Crippen LogP contribution < -0.4 is 5.73 Å². The fraction of sp³-hybridized carbons (Fsp3) is 0.208. The maximum Gasteiger partial charge on any atom is 0.267 e. The zero-order valence-electron chi connectivity index (χ0n) is 18.5. The Morgan fingerprint density at radius 2 is 1.76 bits per heavy atom. The van der Waals surface area contributed by atoms with Gasteiger partial charge in [-0.1, -0.05) is 42.5 Å². The second-order valence-electron chi connectivity index (χ2n) is 8.23. The van der Waals surface area contributed by atoms with Gasteiger partial charge in [0, 0.05) is 18.8 Å². The van der Waals surface area contributed by atoms with Gasteiger partial charge in [-0.2, -0.15) is 12.8 Å². The molecule has 176 valence electrons. The summed E-state index contributed by atoms with van der Waals surface area (Å²) in [7, 11) is -2.69. The number of guanidine groups is 1. The second kappa shape index (κ2) is 8.62. The van der Waals surface area contributed by atoms with Gasteiger partial charge in [-0.3, -0.25) is 14.2 Å². The van der Waals surface area contributed by atoms with Crippen LogP contribution in [-0.4, -0.2) is 47.0 Å². The lowest BCUT2D eigenvalue weighted by atomic mass is 9.81. The molecule has 0 aliphatic carbocycles. The average molecular weight is 483 g/mol. The number of rotatable bonds is 6. The van der Waals surface area contributed by atoms with Gasteiger partial charge in [0.05, 0.1) is 5.25 Å². The molecule has 2 heterocycles. The summed E-state index contributed by atoms with van der Waals surface area (Å²) in [5, 5.41) is -1.02. The second-order valence-corrected chi connectivity index (χ2v) is 10.1. The predicted octanol–water partition coefficient (Wildman–Crippen LogP) is 2.74. The highest BCUT2D eigenvalue weighted by molar-refractivity contribution is 7.86. The number of benzene rings is 2. The van der Waals surface area contributed by atoms with Crippen molar-refractivity contribution in [2.45, 2.75) is 24.1 Å². The summed E-state index contributed by atoms with van der Waals surface area (Å²) in [5.74, 6) is -0.938. The number of amides is 1. The number of nitrogens with two attached hydrogens (primary N) is 1. The number of halogens is 1. The van der Waals surface area contributed by atoms with E-state index in [1.54, 1.807) is 48.5 Å². The van der Waals surface area contributed by atoms with Gasteiger partial charge in [0.2, 0.25) is 5.95 Å². The van der Waals surface area contributed by atoms with Gasteiger partial charge >= 0.3 is 0 Å². The lowest BCUT2D eigenvalue weighted by Gasteiger charge is -2.27. The minimum Gasteiger partial charge on any atom is -0.369 e. The first-order chi connectivity index (χ1) is 16.0. The van der Waals surface area contributed by atoms with E-state index in [-0.39, 0.29) is 18.3 Å². The quantitative estimate of drug-likeness (QED) is 0.411. The smallest absolute Gasteiger partial charge is 0.267 e. The van der Waals surface area contributed by atoms with E-state index >= 15 is 0 Å². The topological polar surface area (TPSA) is 126 Å². The number of nitrogens with zero attached hydrogens (tertiary/aromatic N) is 3. The van der Waals surface area contributed by atoms with E-state index in [0.29, 0.717) is 27.8 Å². The Kier molecular flexibility index (Phi) is 5.96. The Morgan fingerprint density at radius 1 is 1.09 bits per heavy atom. The zero-order valence-corrected chi connectivity index (χ0v) is 19.3. The van der Waals surface area contributed by atoms with Gasteiger partial charge in [0.25, 0.3) is 16.0 Å². The summed E-state index contributed by atoms with van der Waals surface area (Å²) < 4.78 is 45.7. The predicted molar refractivity (Wildman–Crippen MR) is 126 cm³/mol. The highest BCUT2D eigenvalue weighted by Gasteiger charge is 2.49. The van der Waals surface area contributed by atoms with Crippen LogP contribution in [0.3, 0.4) is 0 Å². The summed E-state index contributed by atoms with van der Waals surface area (Å²) in [6.45, 7) is 1.41. The third-order valence-electron chi connectivity index (χ3n) is 5.96. The molecular formula is C24H23FN4O4S. The molecule has 1 aliphatic heterocycles. The largest absolute Gasteiger partial charge is 0.369 e. The Bertz CT molecular complexity index is 1390. The first-order valence-electron chi connectivity index (χ1n) is 10.4. The molecule has 3 N–H and O–H groups in total. The van der Waals surface area contributed by atoms with Crippen molar-refractivity contribution in [2.75, 3.05) is 7.05 Å². The number of carbonyl (C=O) groups is 1. The van der Waals surface area contributed by atoms with E-state index in [0.717, 1.165) is 0 Å². The molecule has 10 heteroatoms. The minimum atomic E-state index is -4.22. The highest BCUT2D eigenvalue weighted by atomic mass is 32.2. The molecule has 0 saturated carbocycles. The van der Waals surface area contributed by atoms with Crippen LogP contribution in [0.2, 0.25) is 0 Å². The normalized spacial score (nSPS) is 19.2. The minimum absolute atomic E-state index is 0.0376. The monoisotopic (exact) mass is 482 g/mol. The van der Waals surface area contributed by atoms with Crippen molar-refractivity contribution >= 4 is 22.0 Å². The molecule has 2 atom stereocenters. The molecule has 8 nitrogen and oxygen atoms in total. The van der Waals surface area contributed by atoms with E-state index in [2.05, 4.69) is 9.98 Å². The first kappa shape index (κ1) is 23.5. The highest BCUT2D eigenvalue weighted by Crippen LogP contribution is 2.40. The third kappa shape index (κ3) is 4.17. The molecule has 34 heavy (non-hydrogen) atoms. The van der Waals surface area contributed by atoms with Crippen molar-refractivity contribution in [3.8, 4) is 11.1 Å². The van der Waals surface area contributed by atoms with Gasteiger partial charge in [-0.05, 0) is 53.8 Å². The van der Waals surface area contributed by atoms with E-state index in [1.165, 1.54) is 31.1 Å². The van der Waals surface area contributed by atoms with Crippen LogP contribution >= 0.6 is 0 Å². The van der Waals surface area contributed by atoms with Crippen LogP contribution in [-0.2, 0) is 26.9 Å². The molecule has 0 radical (unpaired) electrons. The molecule has 1 aliphatic rings. The SMILES string of the molecule is CC(Cc1cccc(C2(c3cccc(-c4ccc(F)nc4)c3)N=C(N)N(C)C2=O)c1)S(=O)(=O)O. The standard InChI is InChI=1S/C24H23FN4O4S/c1-15(34(31,32)33)11-16-5-3-7-19(12-16)24(22(30)29(2)23(26)28-24)20-8-4-6-17(13-20)18-9-10-21(25)27-14-18/h3-10,12-15H,11H2,1-2H3,(H2,26,28)(H,31,32,33). The van der Waals surface area contributed by atoms with Crippen LogP contribution in [0.15, 0.2) is 71.9 Å². The third-order valence-corrected chi connectivity index (χ3v) is 7.14. The van der Waals surface area contributed by atoms with Crippen molar-refractivity contribution in [3.05, 3.63) is 89.5 Å². The van der Waals surface area contributed by atoms with Gasteiger partial charge in [0.1, 0.15) is 0 Å². The molecule has 2 aromatic carbocycles. The molecular weight excluding hydrogens is 459 g/mol. The molecule has 4 rings (SSSR count).